The van der Waals surface area contributed by atoms with Gasteiger partial charge in [-0.2, -0.15) is 4.39 Å². The Labute approximate surface area is 218 Å². The number of fused-ring (bicyclic) bond motifs is 1. The number of hydrogen-bond donors (Lipinski definition) is 0. The molecule has 37 heavy (non-hydrogen) atoms. The molecule has 0 amide bonds. The molecule has 1 saturated heterocycles. The quantitative estimate of drug-likeness (QED) is 0.149. The number of pyridine rings is 1. The molecule has 3 heterocycles. The van der Waals surface area contributed by atoms with Crippen molar-refractivity contribution in [3.05, 3.63) is 47.1 Å². The molecule has 1 aliphatic heterocycles. The van der Waals surface area contributed by atoms with Crippen LogP contribution in [0.2, 0.25) is 0 Å². The molecular formula is C29H40F3N3O2. The van der Waals surface area contributed by atoms with Crippen LogP contribution >= 0.6 is 0 Å². The first kappa shape index (κ1) is 27.8. The minimum Gasteiger partial charge on any atom is -0.488 e. The third-order valence-electron chi connectivity index (χ3n) is 7.60. The van der Waals surface area contributed by atoms with E-state index in [4.69, 9.17) is 9.47 Å². The average molecular weight is 520 g/mol. The van der Waals surface area contributed by atoms with Gasteiger partial charge in [-0.3, -0.25) is 0 Å². The summed E-state index contributed by atoms with van der Waals surface area (Å²) in [6.45, 7) is 6.80. The molecule has 8 heteroatoms. The second kappa shape index (κ2) is 12.5. The Morgan fingerprint density at radius 1 is 1.08 bits per heavy atom. The van der Waals surface area contributed by atoms with E-state index >= 15 is 8.78 Å². The van der Waals surface area contributed by atoms with Gasteiger partial charge in [0.1, 0.15) is 18.5 Å². The summed E-state index contributed by atoms with van der Waals surface area (Å²) in [7, 11) is 0. The van der Waals surface area contributed by atoms with Crippen molar-refractivity contribution in [1.29, 1.82) is 0 Å². The van der Waals surface area contributed by atoms with Gasteiger partial charge in [-0.1, -0.05) is 65.7 Å². The van der Waals surface area contributed by atoms with Gasteiger partial charge in [0.05, 0.1) is 30.0 Å². The molecule has 1 aliphatic carbocycles. The molecule has 4 rings (SSSR count). The van der Waals surface area contributed by atoms with Crippen LogP contribution in [0.5, 0.6) is 5.75 Å². The molecule has 4 atom stereocenters. The fourth-order valence-corrected chi connectivity index (χ4v) is 5.34. The predicted molar refractivity (Wildman–Crippen MR) is 136 cm³/mol. The van der Waals surface area contributed by atoms with Crippen molar-refractivity contribution >= 4 is 0 Å². The van der Waals surface area contributed by atoms with Crippen molar-refractivity contribution < 1.29 is 22.6 Å². The maximum atomic E-state index is 15.5. The average Bonchev–Trinajstić information content (AvgIpc) is 3.62. The summed E-state index contributed by atoms with van der Waals surface area (Å²) >= 11 is 0. The molecule has 2 aliphatic rings. The Balaban J connectivity index is 1.35. The smallest absolute Gasteiger partial charge is 0.287 e. The third-order valence-corrected chi connectivity index (χ3v) is 7.60. The molecule has 0 aromatic carbocycles. The number of halogens is 3. The molecule has 204 valence electrons. The Hall–Kier alpha value is -2.22. The summed E-state index contributed by atoms with van der Waals surface area (Å²) in [5.41, 5.74) is 0.295. The Morgan fingerprint density at radius 3 is 2.57 bits per heavy atom. The van der Waals surface area contributed by atoms with E-state index in [-0.39, 0.29) is 24.5 Å². The van der Waals surface area contributed by atoms with Crippen LogP contribution in [-0.4, -0.2) is 33.8 Å². The fraction of sp³-hybridized carbons (Fsp3) is 0.690. The number of epoxide rings is 1. The topological polar surface area (TPSA) is 60.4 Å². The predicted octanol–water partition coefficient (Wildman–Crippen LogP) is 7.32. The normalized spacial score (nSPS) is 22.9. The minimum absolute atomic E-state index is 0.00358. The van der Waals surface area contributed by atoms with Crippen LogP contribution in [0.1, 0.15) is 107 Å². The number of unbranched alkanes of at least 4 members (excludes halogenated alkanes) is 4. The number of aromatic nitrogens is 3. The summed E-state index contributed by atoms with van der Waals surface area (Å²) in [6, 6.07) is 1.67. The maximum Gasteiger partial charge on any atom is 0.287 e. The van der Waals surface area contributed by atoms with Crippen LogP contribution in [0, 0.1) is 11.9 Å². The Bertz CT molecular complexity index is 1020. The molecule has 5 nitrogen and oxygen atoms in total. The molecule has 1 fully saturated rings. The number of aryl methyl sites for hydroxylation is 1. The van der Waals surface area contributed by atoms with Crippen LogP contribution < -0.4 is 4.74 Å². The van der Waals surface area contributed by atoms with Crippen LogP contribution in [0.15, 0.2) is 18.5 Å². The van der Waals surface area contributed by atoms with E-state index in [2.05, 4.69) is 35.7 Å². The largest absolute Gasteiger partial charge is 0.488 e. The zero-order valence-electron chi connectivity index (χ0n) is 22.3. The molecule has 0 N–H and O–H groups in total. The molecule has 0 saturated carbocycles. The first-order chi connectivity index (χ1) is 17.8. The fourth-order valence-electron chi connectivity index (χ4n) is 5.34. The molecule has 0 radical (unpaired) electrons. The molecule has 2 aromatic heterocycles. The van der Waals surface area contributed by atoms with Gasteiger partial charge in [-0.15, -0.1) is 0 Å². The summed E-state index contributed by atoms with van der Waals surface area (Å²) in [5, 5.41) is 0. The highest BCUT2D eigenvalue weighted by atomic mass is 19.3. The van der Waals surface area contributed by atoms with Crippen molar-refractivity contribution in [2.24, 2.45) is 5.92 Å². The second-order valence-electron chi connectivity index (χ2n) is 10.8. The van der Waals surface area contributed by atoms with Crippen molar-refractivity contribution in [2.45, 2.75) is 115 Å². The van der Waals surface area contributed by atoms with Gasteiger partial charge >= 0.3 is 0 Å². The van der Waals surface area contributed by atoms with Gasteiger partial charge in [0, 0.05) is 5.69 Å². The highest BCUT2D eigenvalue weighted by Crippen LogP contribution is 2.49. The Morgan fingerprint density at radius 2 is 1.84 bits per heavy atom. The van der Waals surface area contributed by atoms with Gasteiger partial charge in [-0.05, 0) is 43.2 Å². The van der Waals surface area contributed by atoms with Gasteiger partial charge in [0.25, 0.3) is 5.92 Å². The summed E-state index contributed by atoms with van der Waals surface area (Å²) in [4.78, 5) is 12.3. The van der Waals surface area contributed by atoms with Crippen LogP contribution in [0.4, 0.5) is 13.2 Å². The number of alkyl halides is 2. The van der Waals surface area contributed by atoms with E-state index < -0.39 is 23.4 Å². The lowest BCUT2D eigenvalue weighted by atomic mass is 9.80. The van der Waals surface area contributed by atoms with Crippen LogP contribution in [-0.2, 0) is 23.5 Å². The Kier molecular flexibility index (Phi) is 9.43. The molecular weight excluding hydrogens is 479 g/mol. The van der Waals surface area contributed by atoms with Gasteiger partial charge in [0.2, 0.25) is 5.95 Å². The lowest BCUT2D eigenvalue weighted by Gasteiger charge is -2.32. The molecule has 4 unspecified atom stereocenters. The van der Waals surface area contributed by atoms with E-state index in [1.165, 1.54) is 31.7 Å². The summed E-state index contributed by atoms with van der Waals surface area (Å²) in [5.74, 6) is -5.07. The van der Waals surface area contributed by atoms with Crippen molar-refractivity contribution in [1.82, 2.24) is 15.0 Å². The van der Waals surface area contributed by atoms with Gasteiger partial charge in [0.15, 0.2) is 5.75 Å². The van der Waals surface area contributed by atoms with E-state index in [1.54, 1.807) is 6.07 Å². The first-order valence-corrected chi connectivity index (χ1v) is 14.0. The van der Waals surface area contributed by atoms with Crippen LogP contribution in [0.3, 0.4) is 0 Å². The summed E-state index contributed by atoms with van der Waals surface area (Å²) < 4.78 is 57.4. The maximum absolute atomic E-state index is 15.5. The second-order valence-corrected chi connectivity index (χ2v) is 10.8. The SMILES string of the molecule is CCCCCCC1OC1COc1cnc(C2CCc3cc(CC(C)CCCC)nc(F)c3C2(F)F)nc1. The third kappa shape index (κ3) is 7.01. The van der Waals surface area contributed by atoms with Gasteiger partial charge < -0.3 is 9.47 Å². The van der Waals surface area contributed by atoms with Crippen molar-refractivity contribution in [3.63, 3.8) is 0 Å². The number of rotatable bonds is 14. The van der Waals surface area contributed by atoms with E-state index in [9.17, 15) is 4.39 Å². The number of ether oxygens (including phenoxy) is 2. The van der Waals surface area contributed by atoms with Gasteiger partial charge in [-0.25, -0.2) is 23.7 Å². The van der Waals surface area contributed by atoms with Crippen LogP contribution in [0.25, 0.3) is 0 Å². The lowest BCUT2D eigenvalue weighted by Crippen LogP contribution is -2.33. The monoisotopic (exact) mass is 519 g/mol. The molecule has 2 aromatic rings. The highest BCUT2D eigenvalue weighted by Gasteiger charge is 2.50. The van der Waals surface area contributed by atoms with Crippen molar-refractivity contribution in [3.8, 4) is 5.75 Å². The molecule has 0 bridgehead atoms. The number of hydrogen-bond acceptors (Lipinski definition) is 5. The van der Waals surface area contributed by atoms with E-state index in [0.717, 1.165) is 32.1 Å². The highest BCUT2D eigenvalue weighted by molar-refractivity contribution is 5.37. The van der Waals surface area contributed by atoms with E-state index in [1.807, 2.05) is 0 Å². The summed E-state index contributed by atoms with van der Waals surface area (Å²) in [6.07, 6.45) is 13.3. The first-order valence-electron chi connectivity index (χ1n) is 14.0. The zero-order valence-corrected chi connectivity index (χ0v) is 22.3. The lowest BCUT2D eigenvalue weighted by molar-refractivity contribution is -0.0500. The molecule has 0 spiro atoms. The van der Waals surface area contributed by atoms with E-state index in [0.29, 0.717) is 42.4 Å². The minimum atomic E-state index is -3.44. The van der Waals surface area contributed by atoms with Crippen molar-refractivity contribution in [2.75, 3.05) is 6.61 Å². The number of nitrogens with zero attached hydrogens (tertiary/aromatic N) is 3. The zero-order chi connectivity index (χ0) is 26.4. The standard InChI is InChI=1S/C29H40F3N3O2/c1-4-6-8-9-11-24-25(37-24)18-36-22-16-33-28(34-17-22)23-13-12-20-15-21(14-19(3)10-7-5-2)35-27(30)26(20)29(23,31)32/h15-17,19,23-25H,4-14,18H2,1-3H3.